The standard InChI is InChI=1S/C12H17BrN2O2S/c13-11-6-5-8(18-11)7-14-12(17)15-9-3-1-2-4-10(9)16/h5-6,9-10,16H,1-4,7H2,(H2,14,15,17). The molecule has 2 amide bonds. The highest BCUT2D eigenvalue weighted by Crippen LogP contribution is 2.22. The maximum absolute atomic E-state index is 11.7. The molecule has 0 radical (unpaired) electrons. The molecule has 0 aromatic carbocycles. The third-order valence-corrected chi connectivity index (χ3v) is 4.72. The summed E-state index contributed by atoms with van der Waals surface area (Å²) < 4.78 is 1.06. The maximum atomic E-state index is 11.7. The molecule has 1 heterocycles. The average molecular weight is 333 g/mol. The molecule has 1 fully saturated rings. The Labute approximate surface area is 119 Å². The van der Waals surface area contributed by atoms with Gasteiger partial charge in [0.2, 0.25) is 0 Å². The Hall–Kier alpha value is -0.590. The highest BCUT2D eigenvalue weighted by atomic mass is 79.9. The summed E-state index contributed by atoms with van der Waals surface area (Å²) in [7, 11) is 0. The summed E-state index contributed by atoms with van der Waals surface area (Å²) >= 11 is 4.98. The highest BCUT2D eigenvalue weighted by molar-refractivity contribution is 9.11. The van der Waals surface area contributed by atoms with Crippen molar-refractivity contribution in [2.24, 2.45) is 0 Å². The van der Waals surface area contributed by atoms with E-state index in [0.29, 0.717) is 6.54 Å². The zero-order valence-corrected chi connectivity index (χ0v) is 12.4. The van der Waals surface area contributed by atoms with Crippen LogP contribution in [-0.2, 0) is 6.54 Å². The largest absolute Gasteiger partial charge is 0.391 e. The number of amides is 2. The van der Waals surface area contributed by atoms with Crippen molar-refractivity contribution < 1.29 is 9.90 Å². The number of aliphatic hydroxyl groups excluding tert-OH is 1. The molecule has 2 rings (SSSR count). The number of urea groups is 1. The van der Waals surface area contributed by atoms with Crippen molar-refractivity contribution in [3.05, 3.63) is 20.8 Å². The van der Waals surface area contributed by atoms with Crippen LogP contribution in [0.4, 0.5) is 4.79 Å². The molecule has 6 heteroatoms. The Morgan fingerprint density at radius 2 is 2.22 bits per heavy atom. The molecule has 0 aliphatic heterocycles. The van der Waals surface area contributed by atoms with Crippen LogP contribution in [0.15, 0.2) is 15.9 Å². The molecule has 0 spiro atoms. The number of hydrogen-bond donors (Lipinski definition) is 3. The number of carbonyl (C=O) groups excluding carboxylic acids is 1. The molecule has 2 unspecified atom stereocenters. The van der Waals surface area contributed by atoms with Gasteiger partial charge in [-0.25, -0.2) is 4.79 Å². The first-order chi connectivity index (χ1) is 8.65. The summed E-state index contributed by atoms with van der Waals surface area (Å²) in [5.41, 5.74) is 0. The lowest BCUT2D eigenvalue weighted by atomic mass is 9.93. The minimum absolute atomic E-state index is 0.103. The van der Waals surface area contributed by atoms with Crippen molar-refractivity contribution in [3.8, 4) is 0 Å². The topological polar surface area (TPSA) is 61.4 Å². The van der Waals surface area contributed by atoms with Crippen LogP contribution in [0.3, 0.4) is 0 Å². The van der Waals surface area contributed by atoms with Crippen molar-refractivity contribution in [2.75, 3.05) is 0 Å². The number of thiophene rings is 1. The molecular weight excluding hydrogens is 316 g/mol. The average Bonchev–Trinajstić information content (AvgIpc) is 2.76. The van der Waals surface area contributed by atoms with Crippen molar-refractivity contribution in [3.63, 3.8) is 0 Å². The van der Waals surface area contributed by atoms with E-state index in [9.17, 15) is 9.90 Å². The van der Waals surface area contributed by atoms with Crippen LogP contribution >= 0.6 is 27.3 Å². The van der Waals surface area contributed by atoms with Crippen LogP contribution in [0.5, 0.6) is 0 Å². The van der Waals surface area contributed by atoms with Crippen LogP contribution in [0, 0.1) is 0 Å². The van der Waals surface area contributed by atoms with Gasteiger partial charge in [0.1, 0.15) is 0 Å². The number of aliphatic hydroxyl groups is 1. The Morgan fingerprint density at radius 1 is 1.44 bits per heavy atom. The molecule has 1 aromatic heterocycles. The lowest BCUT2D eigenvalue weighted by molar-refractivity contribution is 0.0943. The SMILES string of the molecule is O=C(NCc1ccc(Br)s1)NC1CCCCC1O. The summed E-state index contributed by atoms with van der Waals surface area (Å²) in [5.74, 6) is 0. The summed E-state index contributed by atoms with van der Waals surface area (Å²) in [4.78, 5) is 12.8. The minimum Gasteiger partial charge on any atom is -0.391 e. The van der Waals surface area contributed by atoms with Crippen molar-refractivity contribution in [1.82, 2.24) is 10.6 Å². The fourth-order valence-corrected chi connectivity index (χ4v) is 3.54. The molecule has 0 saturated heterocycles. The molecular formula is C12H17BrN2O2S. The molecule has 4 nitrogen and oxygen atoms in total. The fourth-order valence-electron chi connectivity index (χ4n) is 2.11. The lowest BCUT2D eigenvalue weighted by Crippen LogP contribution is -2.48. The monoisotopic (exact) mass is 332 g/mol. The third kappa shape index (κ3) is 3.96. The summed E-state index contributed by atoms with van der Waals surface area (Å²) in [6, 6.07) is 3.63. The molecule has 1 aliphatic rings. The van der Waals surface area contributed by atoms with Gasteiger partial charge in [-0.2, -0.15) is 0 Å². The quantitative estimate of drug-likeness (QED) is 0.796. The lowest BCUT2D eigenvalue weighted by Gasteiger charge is -2.28. The molecule has 18 heavy (non-hydrogen) atoms. The predicted octanol–water partition coefficient (Wildman–Crippen LogP) is 2.61. The maximum Gasteiger partial charge on any atom is 0.315 e. The smallest absolute Gasteiger partial charge is 0.315 e. The molecule has 0 bridgehead atoms. The summed E-state index contributed by atoms with van der Waals surface area (Å²) in [5, 5.41) is 15.4. The van der Waals surface area contributed by atoms with E-state index in [1.54, 1.807) is 11.3 Å². The van der Waals surface area contributed by atoms with E-state index in [-0.39, 0.29) is 12.1 Å². The second-order valence-electron chi connectivity index (χ2n) is 4.49. The number of carbonyl (C=O) groups is 1. The zero-order chi connectivity index (χ0) is 13.0. The van der Waals surface area contributed by atoms with E-state index < -0.39 is 6.10 Å². The van der Waals surface area contributed by atoms with E-state index >= 15 is 0 Å². The van der Waals surface area contributed by atoms with Crippen LogP contribution in [0.1, 0.15) is 30.6 Å². The van der Waals surface area contributed by atoms with Gasteiger partial charge in [-0.1, -0.05) is 12.8 Å². The Morgan fingerprint density at radius 3 is 2.89 bits per heavy atom. The van der Waals surface area contributed by atoms with Gasteiger partial charge in [-0.15, -0.1) is 11.3 Å². The first kappa shape index (κ1) is 13.8. The van der Waals surface area contributed by atoms with Gasteiger partial charge in [-0.3, -0.25) is 0 Å². The predicted molar refractivity (Wildman–Crippen MR) is 75.7 cm³/mol. The molecule has 1 aromatic rings. The van der Waals surface area contributed by atoms with E-state index in [1.165, 1.54) is 0 Å². The molecule has 1 aliphatic carbocycles. The van der Waals surface area contributed by atoms with Gasteiger partial charge < -0.3 is 15.7 Å². The van der Waals surface area contributed by atoms with Crippen molar-refractivity contribution >= 4 is 33.3 Å². The van der Waals surface area contributed by atoms with E-state index in [1.807, 2.05) is 12.1 Å². The molecule has 1 saturated carbocycles. The summed E-state index contributed by atoms with van der Waals surface area (Å²) in [6.07, 6.45) is 3.35. The van der Waals surface area contributed by atoms with Gasteiger partial charge >= 0.3 is 6.03 Å². The van der Waals surface area contributed by atoms with Crippen molar-refractivity contribution in [1.29, 1.82) is 0 Å². The molecule has 3 N–H and O–H groups in total. The molecule has 100 valence electrons. The van der Waals surface area contributed by atoms with Gasteiger partial charge in [-0.05, 0) is 40.9 Å². The van der Waals surface area contributed by atoms with Crippen LogP contribution in [0.25, 0.3) is 0 Å². The van der Waals surface area contributed by atoms with Crippen LogP contribution in [-0.4, -0.2) is 23.3 Å². The van der Waals surface area contributed by atoms with E-state index in [4.69, 9.17) is 0 Å². The third-order valence-electron chi connectivity index (χ3n) is 3.10. The van der Waals surface area contributed by atoms with E-state index in [0.717, 1.165) is 34.3 Å². The zero-order valence-electron chi connectivity index (χ0n) is 9.99. The second-order valence-corrected chi connectivity index (χ2v) is 7.04. The van der Waals surface area contributed by atoms with Gasteiger partial charge in [0.05, 0.1) is 22.5 Å². The highest BCUT2D eigenvalue weighted by Gasteiger charge is 2.24. The molecule has 2 atom stereocenters. The van der Waals surface area contributed by atoms with Gasteiger partial charge in [0.25, 0.3) is 0 Å². The number of hydrogen-bond acceptors (Lipinski definition) is 3. The van der Waals surface area contributed by atoms with Gasteiger partial charge in [0.15, 0.2) is 0 Å². The van der Waals surface area contributed by atoms with Crippen molar-refractivity contribution in [2.45, 2.75) is 44.4 Å². The summed E-state index contributed by atoms with van der Waals surface area (Å²) in [6.45, 7) is 0.519. The normalized spacial score (nSPS) is 23.7. The van der Waals surface area contributed by atoms with Crippen LogP contribution in [0.2, 0.25) is 0 Å². The number of halogens is 1. The first-order valence-corrected chi connectivity index (χ1v) is 7.73. The van der Waals surface area contributed by atoms with Crippen LogP contribution < -0.4 is 10.6 Å². The van der Waals surface area contributed by atoms with Gasteiger partial charge in [0, 0.05) is 4.88 Å². The Kier molecular flexibility index (Phi) is 5.03. The minimum atomic E-state index is -0.402. The fraction of sp³-hybridized carbons (Fsp3) is 0.583. The second kappa shape index (κ2) is 6.54. The Balaban J connectivity index is 1.74. The number of nitrogens with one attached hydrogen (secondary N) is 2. The Bertz CT molecular complexity index is 411. The first-order valence-electron chi connectivity index (χ1n) is 6.12. The van der Waals surface area contributed by atoms with E-state index in [2.05, 4.69) is 26.6 Å². The number of rotatable bonds is 3.